The van der Waals surface area contributed by atoms with Crippen molar-refractivity contribution in [1.29, 1.82) is 0 Å². The lowest BCUT2D eigenvalue weighted by atomic mass is 9.68. The smallest absolute Gasteiger partial charge is 0.119 e. The van der Waals surface area contributed by atoms with Crippen LogP contribution in [0.4, 0.5) is 0 Å². The molecule has 0 spiro atoms. The largest absolute Gasteiger partial charge is 0.321 e. The number of hydrogen-bond donors (Lipinski definition) is 0. The van der Waals surface area contributed by atoms with Gasteiger partial charge in [0.15, 0.2) is 0 Å². The van der Waals surface area contributed by atoms with Crippen molar-refractivity contribution in [2.45, 2.75) is 152 Å². The lowest BCUT2D eigenvalue weighted by molar-refractivity contribution is 0.0436. The molecule has 2 saturated carbocycles. The van der Waals surface area contributed by atoms with Crippen LogP contribution in [0.5, 0.6) is 0 Å². The fourth-order valence-electron chi connectivity index (χ4n) is 8.61. The standard InChI is InChI=1S/C33H70N2Si2/c1-24(2)28-18-15-19-29(25(3)4)32(28)34(36(9,10)11)22-17-23-35(37(12,13)14)33-30(26(5)6)20-16-21-31(33)27(7)8/h24-33H,15-23H2,1-14H3. The van der Waals surface area contributed by atoms with Crippen molar-refractivity contribution in [3.05, 3.63) is 0 Å². The van der Waals surface area contributed by atoms with Crippen LogP contribution in [0.25, 0.3) is 0 Å². The molecule has 0 aromatic heterocycles. The Morgan fingerprint density at radius 2 is 0.730 bits per heavy atom. The first-order chi connectivity index (χ1) is 17.0. The Bertz CT molecular complexity index is 572. The van der Waals surface area contributed by atoms with Crippen LogP contribution in [0.2, 0.25) is 39.3 Å². The Labute approximate surface area is 237 Å². The molecule has 0 saturated heterocycles. The lowest BCUT2D eigenvalue weighted by Gasteiger charge is -2.54. The van der Waals surface area contributed by atoms with E-state index in [-0.39, 0.29) is 0 Å². The zero-order valence-electron chi connectivity index (χ0n) is 28.0. The van der Waals surface area contributed by atoms with Crippen LogP contribution in [0.15, 0.2) is 0 Å². The summed E-state index contributed by atoms with van der Waals surface area (Å²) in [4.78, 5) is 0. The van der Waals surface area contributed by atoms with Crippen LogP contribution in [0.1, 0.15) is 100 Å². The fourth-order valence-corrected chi connectivity index (χ4v) is 12.8. The summed E-state index contributed by atoms with van der Waals surface area (Å²) in [6, 6.07) is 1.59. The summed E-state index contributed by atoms with van der Waals surface area (Å²) >= 11 is 0. The van der Waals surface area contributed by atoms with Crippen LogP contribution < -0.4 is 0 Å². The average Bonchev–Trinajstić information content (AvgIpc) is 2.76. The van der Waals surface area contributed by atoms with Crippen molar-refractivity contribution < 1.29 is 0 Å². The second kappa shape index (κ2) is 13.8. The minimum absolute atomic E-state index is 0.794. The molecule has 0 N–H and O–H groups in total. The molecular weight excluding hydrogens is 481 g/mol. The number of hydrogen-bond acceptors (Lipinski definition) is 2. The van der Waals surface area contributed by atoms with Gasteiger partial charge in [0, 0.05) is 12.1 Å². The summed E-state index contributed by atoms with van der Waals surface area (Å²) in [5.41, 5.74) is 0. The second-order valence-corrected chi connectivity index (χ2v) is 26.4. The van der Waals surface area contributed by atoms with Gasteiger partial charge in [-0.05, 0) is 92.5 Å². The highest BCUT2D eigenvalue weighted by Gasteiger charge is 2.45. The average molecular weight is 551 g/mol. The Hall–Kier alpha value is 0.354. The third kappa shape index (κ3) is 8.67. The molecule has 220 valence electrons. The van der Waals surface area contributed by atoms with Crippen molar-refractivity contribution in [2.24, 2.45) is 47.3 Å². The normalized spacial score (nSPS) is 30.5. The first-order valence-electron chi connectivity index (χ1n) is 16.5. The van der Waals surface area contributed by atoms with Gasteiger partial charge in [-0.2, -0.15) is 0 Å². The molecule has 0 aliphatic heterocycles. The van der Waals surface area contributed by atoms with E-state index in [0.29, 0.717) is 0 Å². The maximum absolute atomic E-state index is 3.14. The minimum Gasteiger partial charge on any atom is -0.321 e. The molecule has 0 amide bonds. The summed E-state index contributed by atoms with van der Waals surface area (Å²) < 4.78 is 6.29. The molecule has 4 unspecified atom stereocenters. The highest BCUT2D eigenvalue weighted by atomic mass is 28.3. The van der Waals surface area contributed by atoms with E-state index in [1.807, 2.05) is 0 Å². The monoisotopic (exact) mass is 551 g/mol. The van der Waals surface area contributed by atoms with Gasteiger partial charge in [-0.25, -0.2) is 0 Å². The van der Waals surface area contributed by atoms with Gasteiger partial charge in [-0.1, -0.05) is 108 Å². The first-order valence-corrected chi connectivity index (χ1v) is 23.4. The third-order valence-electron chi connectivity index (χ3n) is 10.6. The molecule has 0 bridgehead atoms. The topological polar surface area (TPSA) is 6.48 Å². The minimum atomic E-state index is -1.44. The Kier molecular flexibility index (Phi) is 12.5. The quantitative estimate of drug-likeness (QED) is 0.223. The van der Waals surface area contributed by atoms with Crippen LogP contribution in [-0.2, 0) is 0 Å². The molecule has 0 aromatic rings. The van der Waals surface area contributed by atoms with Gasteiger partial charge in [0.2, 0.25) is 0 Å². The van der Waals surface area contributed by atoms with Crippen LogP contribution in [-0.4, -0.2) is 50.8 Å². The zero-order valence-corrected chi connectivity index (χ0v) is 30.0. The van der Waals surface area contributed by atoms with Crippen LogP contribution in [0, 0.1) is 47.3 Å². The van der Waals surface area contributed by atoms with E-state index < -0.39 is 16.5 Å². The molecular formula is C33H70N2Si2. The van der Waals surface area contributed by atoms with Crippen molar-refractivity contribution in [3.63, 3.8) is 0 Å². The van der Waals surface area contributed by atoms with E-state index in [9.17, 15) is 0 Å². The van der Waals surface area contributed by atoms with Crippen molar-refractivity contribution in [3.8, 4) is 0 Å². The zero-order chi connectivity index (χ0) is 28.3. The predicted molar refractivity (Wildman–Crippen MR) is 173 cm³/mol. The van der Waals surface area contributed by atoms with Gasteiger partial charge in [-0.15, -0.1) is 0 Å². The molecule has 2 aliphatic carbocycles. The van der Waals surface area contributed by atoms with E-state index in [2.05, 4.69) is 104 Å². The van der Waals surface area contributed by atoms with E-state index in [1.54, 1.807) is 0 Å². The van der Waals surface area contributed by atoms with E-state index in [0.717, 1.165) is 59.4 Å². The molecule has 2 nitrogen and oxygen atoms in total. The molecule has 2 fully saturated rings. The summed E-state index contributed by atoms with van der Waals surface area (Å²) in [6.07, 6.45) is 10.0. The van der Waals surface area contributed by atoms with Crippen LogP contribution >= 0.6 is 0 Å². The van der Waals surface area contributed by atoms with E-state index in [1.165, 1.54) is 58.0 Å². The number of rotatable bonds is 12. The van der Waals surface area contributed by atoms with Gasteiger partial charge in [-0.3, -0.25) is 0 Å². The van der Waals surface area contributed by atoms with Gasteiger partial charge < -0.3 is 9.13 Å². The van der Waals surface area contributed by atoms with Gasteiger partial charge in [0.1, 0.15) is 16.5 Å². The van der Waals surface area contributed by atoms with E-state index in [4.69, 9.17) is 0 Å². The summed E-state index contributed by atoms with van der Waals surface area (Å²) in [5.74, 6) is 6.67. The molecule has 2 aliphatic rings. The molecule has 37 heavy (non-hydrogen) atoms. The molecule has 4 atom stereocenters. The summed E-state index contributed by atoms with van der Waals surface area (Å²) in [7, 11) is -2.89. The third-order valence-corrected chi connectivity index (χ3v) is 15.1. The lowest BCUT2D eigenvalue weighted by Crippen LogP contribution is -2.62. The van der Waals surface area contributed by atoms with Crippen molar-refractivity contribution in [2.75, 3.05) is 13.1 Å². The molecule has 2 rings (SSSR count). The van der Waals surface area contributed by atoms with Gasteiger partial charge in [0.05, 0.1) is 0 Å². The van der Waals surface area contributed by atoms with Crippen molar-refractivity contribution in [1.82, 2.24) is 9.13 Å². The predicted octanol–water partition coefficient (Wildman–Crippen LogP) is 9.84. The highest BCUT2D eigenvalue weighted by molar-refractivity contribution is 6.73. The Balaban J connectivity index is 2.34. The molecule has 4 heteroatoms. The second-order valence-electron chi connectivity index (χ2n) is 16.6. The molecule has 0 aromatic carbocycles. The fraction of sp³-hybridized carbons (Fsp3) is 1.00. The van der Waals surface area contributed by atoms with Gasteiger partial charge >= 0.3 is 0 Å². The van der Waals surface area contributed by atoms with Crippen molar-refractivity contribution >= 4 is 16.5 Å². The van der Waals surface area contributed by atoms with Gasteiger partial charge in [0.25, 0.3) is 0 Å². The molecule has 0 radical (unpaired) electrons. The molecule has 0 heterocycles. The first kappa shape index (κ1) is 33.6. The summed E-state index contributed by atoms with van der Waals surface area (Å²) in [6.45, 7) is 38.5. The summed E-state index contributed by atoms with van der Waals surface area (Å²) in [5, 5.41) is 0. The highest BCUT2D eigenvalue weighted by Crippen LogP contribution is 2.44. The maximum Gasteiger partial charge on any atom is 0.119 e. The maximum atomic E-state index is 3.14. The number of nitrogens with zero attached hydrogens (tertiary/aromatic N) is 2. The van der Waals surface area contributed by atoms with E-state index >= 15 is 0 Å². The SMILES string of the molecule is CC(C)C1CCCC(C(C)C)C1N(CCCN(C1C(C(C)C)CCCC1C(C)C)[Si](C)(C)C)[Si](C)(C)C. The Morgan fingerprint density at radius 1 is 0.486 bits per heavy atom. The van der Waals surface area contributed by atoms with Crippen LogP contribution in [0.3, 0.4) is 0 Å². The Morgan fingerprint density at radius 3 is 0.919 bits per heavy atom.